The fourth-order valence-corrected chi connectivity index (χ4v) is 4.87. The molecule has 0 aliphatic heterocycles. The summed E-state index contributed by atoms with van der Waals surface area (Å²) in [5.74, 6) is 1.56. The Morgan fingerprint density at radius 1 is 1.00 bits per heavy atom. The van der Waals surface area contributed by atoms with Crippen LogP contribution in [0.3, 0.4) is 0 Å². The molecule has 2 aromatic rings. The SMILES string of the molecule is CCN(CC)CCNc1nc(NC2CCC(N)CC2)nc2c1ncn2C1CCCC1.Cl.Cl.Cl. The van der Waals surface area contributed by atoms with Crippen LogP contribution < -0.4 is 16.4 Å². The fourth-order valence-electron chi connectivity index (χ4n) is 4.87. The number of rotatable bonds is 9. The smallest absolute Gasteiger partial charge is 0.227 e. The van der Waals surface area contributed by atoms with Crippen LogP contribution in [0.25, 0.3) is 11.2 Å². The van der Waals surface area contributed by atoms with Crippen molar-refractivity contribution in [3.63, 3.8) is 0 Å². The van der Waals surface area contributed by atoms with Gasteiger partial charge in [0, 0.05) is 31.2 Å². The second-order valence-corrected chi connectivity index (χ2v) is 8.87. The number of likely N-dealkylation sites (N-methyl/N-ethyl adjacent to an activating group) is 1. The minimum atomic E-state index is 0. The fraction of sp³-hybridized carbons (Fsp3) is 0.773. The van der Waals surface area contributed by atoms with Crippen LogP contribution in [-0.2, 0) is 0 Å². The number of hydrogen-bond acceptors (Lipinski definition) is 7. The number of nitrogens with zero attached hydrogens (tertiary/aromatic N) is 5. The van der Waals surface area contributed by atoms with Gasteiger partial charge >= 0.3 is 0 Å². The first-order valence-electron chi connectivity index (χ1n) is 11.9. The molecule has 0 amide bonds. The van der Waals surface area contributed by atoms with Crippen molar-refractivity contribution in [1.82, 2.24) is 24.4 Å². The molecule has 33 heavy (non-hydrogen) atoms. The number of halogens is 3. The predicted octanol–water partition coefficient (Wildman–Crippen LogP) is 4.64. The van der Waals surface area contributed by atoms with Gasteiger partial charge in [-0.05, 0) is 51.6 Å². The highest BCUT2D eigenvalue weighted by molar-refractivity contribution is 5.86. The molecular weight excluding hydrogens is 483 g/mol. The standard InChI is InChI=1S/C22H38N8.3ClH/c1-3-29(4-2)14-13-24-20-19-21(30(15-25-19)18-7-5-6-8-18)28-22(27-20)26-17-11-9-16(23)10-12-17;;;/h15-18H,3-14,23H2,1-2H3,(H2,24,26,27,28);3*1H. The van der Waals surface area contributed by atoms with Gasteiger partial charge in [-0.1, -0.05) is 26.7 Å². The Balaban J connectivity index is 0.00000181. The van der Waals surface area contributed by atoms with Gasteiger partial charge in [0.15, 0.2) is 17.0 Å². The highest BCUT2D eigenvalue weighted by atomic mass is 35.5. The van der Waals surface area contributed by atoms with Crippen molar-refractivity contribution >= 4 is 60.2 Å². The number of nitrogens with two attached hydrogens (primary N) is 1. The van der Waals surface area contributed by atoms with Crippen LogP contribution in [0.1, 0.15) is 71.3 Å². The van der Waals surface area contributed by atoms with Gasteiger partial charge in [0.2, 0.25) is 5.95 Å². The van der Waals surface area contributed by atoms with E-state index in [-0.39, 0.29) is 37.2 Å². The molecule has 190 valence electrons. The molecule has 0 atom stereocenters. The predicted molar refractivity (Wildman–Crippen MR) is 145 cm³/mol. The van der Waals surface area contributed by atoms with Gasteiger partial charge in [0.05, 0.1) is 6.33 Å². The lowest BCUT2D eigenvalue weighted by molar-refractivity contribution is 0.316. The number of anilines is 2. The van der Waals surface area contributed by atoms with Crippen molar-refractivity contribution in [3.05, 3.63) is 6.33 Å². The number of imidazole rings is 1. The average Bonchev–Trinajstić information content (AvgIpc) is 3.42. The van der Waals surface area contributed by atoms with Crippen molar-refractivity contribution < 1.29 is 0 Å². The van der Waals surface area contributed by atoms with Gasteiger partial charge in [-0.3, -0.25) is 0 Å². The molecule has 0 radical (unpaired) electrons. The first-order valence-corrected chi connectivity index (χ1v) is 11.9. The molecule has 0 spiro atoms. The topological polar surface area (TPSA) is 96.9 Å². The van der Waals surface area contributed by atoms with E-state index in [1.807, 2.05) is 6.33 Å². The van der Waals surface area contributed by atoms with Gasteiger partial charge in [-0.15, -0.1) is 37.2 Å². The van der Waals surface area contributed by atoms with Crippen LogP contribution in [0.5, 0.6) is 0 Å². The van der Waals surface area contributed by atoms with Gasteiger partial charge in [0.1, 0.15) is 0 Å². The Morgan fingerprint density at radius 3 is 2.30 bits per heavy atom. The molecule has 0 saturated heterocycles. The summed E-state index contributed by atoms with van der Waals surface area (Å²) in [7, 11) is 0. The molecule has 2 aliphatic carbocycles. The Kier molecular flexibility index (Phi) is 13.0. The molecule has 4 N–H and O–H groups in total. The largest absolute Gasteiger partial charge is 0.367 e. The zero-order valence-corrected chi connectivity index (χ0v) is 22.3. The minimum Gasteiger partial charge on any atom is -0.367 e. The summed E-state index contributed by atoms with van der Waals surface area (Å²) in [4.78, 5) is 16.9. The lowest BCUT2D eigenvalue weighted by Gasteiger charge is -2.27. The quantitative estimate of drug-likeness (QED) is 0.440. The Labute approximate surface area is 216 Å². The Hall–Kier alpha value is -1.06. The number of fused-ring (bicyclic) bond motifs is 1. The molecular formula is C22H41Cl3N8. The first-order chi connectivity index (χ1) is 14.7. The summed E-state index contributed by atoms with van der Waals surface area (Å²) in [5.41, 5.74) is 7.92. The number of nitrogens with one attached hydrogen (secondary N) is 2. The summed E-state index contributed by atoms with van der Waals surface area (Å²) < 4.78 is 2.28. The lowest BCUT2D eigenvalue weighted by Crippen LogP contribution is -2.33. The van der Waals surface area contributed by atoms with E-state index >= 15 is 0 Å². The summed E-state index contributed by atoms with van der Waals surface area (Å²) >= 11 is 0. The number of hydrogen-bond donors (Lipinski definition) is 3. The van der Waals surface area contributed by atoms with E-state index in [4.69, 9.17) is 20.7 Å². The van der Waals surface area contributed by atoms with Gasteiger partial charge in [-0.25, -0.2) is 4.98 Å². The van der Waals surface area contributed by atoms with Crippen LogP contribution in [0, 0.1) is 0 Å². The maximum atomic E-state index is 6.08. The average molecular weight is 524 g/mol. The summed E-state index contributed by atoms with van der Waals surface area (Å²) in [6, 6.07) is 1.25. The highest BCUT2D eigenvalue weighted by Gasteiger charge is 2.23. The second kappa shape index (κ2) is 14.4. The van der Waals surface area contributed by atoms with Crippen LogP contribution >= 0.6 is 37.2 Å². The van der Waals surface area contributed by atoms with E-state index in [9.17, 15) is 0 Å². The van der Waals surface area contributed by atoms with E-state index in [1.165, 1.54) is 25.7 Å². The third kappa shape index (κ3) is 7.46. The van der Waals surface area contributed by atoms with Gasteiger partial charge in [0.25, 0.3) is 0 Å². The molecule has 0 bridgehead atoms. The van der Waals surface area contributed by atoms with Gasteiger partial charge < -0.3 is 25.8 Å². The van der Waals surface area contributed by atoms with Crippen molar-refractivity contribution in [2.45, 2.75) is 83.3 Å². The number of aromatic nitrogens is 4. The van der Waals surface area contributed by atoms with Gasteiger partial charge in [-0.2, -0.15) is 9.97 Å². The molecule has 0 unspecified atom stereocenters. The molecule has 2 heterocycles. The van der Waals surface area contributed by atoms with Crippen LogP contribution in [0.4, 0.5) is 11.8 Å². The van der Waals surface area contributed by atoms with Crippen molar-refractivity contribution in [1.29, 1.82) is 0 Å². The van der Waals surface area contributed by atoms with Crippen LogP contribution in [0.15, 0.2) is 6.33 Å². The zero-order chi connectivity index (χ0) is 20.9. The molecule has 8 nitrogen and oxygen atoms in total. The zero-order valence-electron chi connectivity index (χ0n) is 19.8. The van der Waals surface area contributed by atoms with Crippen LogP contribution in [-0.4, -0.2) is 62.7 Å². The molecule has 2 fully saturated rings. The summed E-state index contributed by atoms with van der Waals surface area (Å²) in [6.07, 6.45) is 11.3. The van der Waals surface area contributed by atoms with Crippen LogP contribution in [0.2, 0.25) is 0 Å². The molecule has 0 aromatic carbocycles. The monoisotopic (exact) mass is 522 g/mol. The highest BCUT2D eigenvalue weighted by Crippen LogP contribution is 2.33. The maximum absolute atomic E-state index is 6.08. The first kappa shape index (κ1) is 30.0. The maximum Gasteiger partial charge on any atom is 0.227 e. The molecule has 4 rings (SSSR count). The van der Waals surface area contributed by atoms with Crippen molar-refractivity contribution in [2.75, 3.05) is 36.8 Å². The normalized spacial score (nSPS) is 20.7. The van der Waals surface area contributed by atoms with Crippen molar-refractivity contribution in [2.24, 2.45) is 5.73 Å². The third-order valence-electron chi connectivity index (χ3n) is 6.86. The van der Waals surface area contributed by atoms with E-state index in [0.29, 0.717) is 24.1 Å². The Bertz CT molecular complexity index is 815. The van der Waals surface area contributed by atoms with E-state index in [0.717, 1.165) is 68.8 Å². The lowest BCUT2D eigenvalue weighted by atomic mass is 9.92. The Morgan fingerprint density at radius 2 is 1.67 bits per heavy atom. The van der Waals surface area contributed by atoms with Crippen molar-refractivity contribution in [3.8, 4) is 0 Å². The van der Waals surface area contributed by atoms with E-state index in [2.05, 4.69) is 33.9 Å². The molecule has 11 heteroatoms. The summed E-state index contributed by atoms with van der Waals surface area (Å²) in [5, 5.41) is 7.14. The minimum absolute atomic E-state index is 0. The molecule has 2 aromatic heterocycles. The van der Waals surface area contributed by atoms with E-state index in [1.54, 1.807) is 0 Å². The second-order valence-electron chi connectivity index (χ2n) is 8.87. The summed E-state index contributed by atoms with van der Waals surface area (Å²) in [6.45, 7) is 8.36. The molecule has 2 aliphatic rings. The third-order valence-corrected chi connectivity index (χ3v) is 6.86. The van der Waals surface area contributed by atoms with E-state index < -0.39 is 0 Å². The molecule has 2 saturated carbocycles.